The molecule has 1 aliphatic carbocycles. The summed E-state index contributed by atoms with van der Waals surface area (Å²) in [5.41, 5.74) is 6.82. The van der Waals surface area contributed by atoms with E-state index in [1.807, 2.05) is 0 Å². The molecule has 1 aromatic heterocycles. The molecule has 1 unspecified atom stereocenters. The fraction of sp³-hybridized carbons (Fsp3) is 0.733. The Bertz CT molecular complexity index is 349. The molecule has 18 heavy (non-hydrogen) atoms. The number of thiophene rings is 1. The maximum absolute atomic E-state index is 6.27. The highest BCUT2D eigenvalue weighted by Crippen LogP contribution is 2.36. The van der Waals surface area contributed by atoms with Crippen LogP contribution in [0, 0.1) is 5.41 Å². The second-order valence-electron chi connectivity index (χ2n) is 6.46. The van der Waals surface area contributed by atoms with Crippen LogP contribution in [0.25, 0.3) is 0 Å². The predicted octanol–water partition coefficient (Wildman–Crippen LogP) is 3.65. The lowest BCUT2D eigenvalue weighted by atomic mass is 9.75. The molecule has 3 heteroatoms. The van der Waals surface area contributed by atoms with E-state index >= 15 is 0 Å². The molecule has 0 saturated heterocycles. The molecular weight excluding hydrogens is 240 g/mol. The minimum atomic E-state index is 0.171. The van der Waals surface area contributed by atoms with E-state index in [2.05, 4.69) is 43.3 Å². The summed E-state index contributed by atoms with van der Waals surface area (Å²) in [6.45, 7) is 5.76. The van der Waals surface area contributed by atoms with Crippen molar-refractivity contribution in [2.24, 2.45) is 11.1 Å². The van der Waals surface area contributed by atoms with Crippen LogP contribution in [0.3, 0.4) is 0 Å². The zero-order valence-electron chi connectivity index (χ0n) is 11.9. The normalized spacial score (nSPS) is 22.3. The lowest BCUT2D eigenvalue weighted by Crippen LogP contribution is -2.40. The van der Waals surface area contributed by atoms with E-state index in [0.29, 0.717) is 5.41 Å². The Morgan fingerprint density at radius 3 is 2.67 bits per heavy atom. The van der Waals surface area contributed by atoms with Crippen LogP contribution in [-0.2, 0) is 0 Å². The summed E-state index contributed by atoms with van der Waals surface area (Å²) in [7, 11) is 2.23. The molecule has 102 valence electrons. The molecule has 1 fully saturated rings. The zero-order valence-corrected chi connectivity index (χ0v) is 12.7. The van der Waals surface area contributed by atoms with Gasteiger partial charge in [-0.05, 0) is 49.6 Å². The van der Waals surface area contributed by atoms with Gasteiger partial charge in [0.25, 0.3) is 0 Å². The van der Waals surface area contributed by atoms with Gasteiger partial charge in [0.05, 0.1) is 6.04 Å². The van der Waals surface area contributed by atoms with Crippen molar-refractivity contribution in [3.63, 3.8) is 0 Å². The van der Waals surface area contributed by atoms with Gasteiger partial charge in [-0.1, -0.05) is 19.9 Å². The first-order valence-corrected chi connectivity index (χ1v) is 7.85. The first-order chi connectivity index (χ1) is 8.48. The van der Waals surface area contributed by atoms with Gasteiger partial charge in [0.1, 0.15) is 0 Å². The van der Waals surface area contributed by atoms with E-state index < -0.39 is 0 Å². The van der Waals surface area contributed by atoms with Crippen molar-refractivity contribution in [2.75, 3.05) is 13.6 Å². The van der Waals surface area contributed by atoms with Crippen molar-refractivity contribution < 1.29 is 0 Å². The molecule has 1 heterocycles. The van der Waals surface area contributed by atoms with Crippen molar-refractivity contribution in [1.29, 1.82) is 0 Å². The molecular formula is C15H26N2S. The fourth-order valence-electron chi connectivity index (χ4n) is 2.88. The van der Waals surface area contributed by atoms with Crippen molar-refractivity contribution in [1.82, 2.24) is 4.90 Å². The van der Waals surface area contributed by atoms with E-state index in [-0.39, 0.29) is 6.04 Å². The largest absolute Gasteiger partial charge is 0.322 e. The number of nitrogens with two attached hydrogens (primary N) is 1. The summed E-state index contributed by atoms with van der Waals surface area (Å²) in [6, 6.07) is 5.13. The first kappa shape index (κ1) is 14.0. The molecule has 1 saturated carbocycles. The molecule has 0 bridgehead atoms. The van der Waals surface area contributed by atoms with Crippen LogP contribution in [0.4, 0.5) is 0 Å². The Morgan fingerprint density at radius 2 is 2.11 bits per heavy atom. The molecule has 1 atom stereocenters. The van der Waals surface area contributed by atoms with Gasteiger partial charge in [0, 0.05) is 17.5 Å². The number of hydrogen-bond acceptors (Lipinski definition) is 3. The molecule has 0 radical (unpaired) electrons. The van der Waals surface area contributed by atoms with Crippen LogP contribution in [0.2, 0.25) is 0 Å². The van der Waals surface area contributed by atoms with Gasteiger partial charge in [-0.2, -0.15) is 0 Å². The maximum atomic E-state index is 6.27. The Morgan fingerprint density at radius 1 is 1.44 bits per heavy atom. The quantitative estimate of drug-likeness (QED) is 0.901. The van der Waals surface area contributed by atoms with E-state index in [1.54, 1.807) is 11.3 Å². The minimum absolute atomic E-state index is 0.171. The van der Waals surface area contributed by atoms with Crippen LogP contribution < -0.4 is 5.73 Å². The molecule has 2 N–H and O–H groups in total. The van der Waals surface area contributed by atoms with Gasteiger partial charge in [-0.25, -0.2) is 0 Å². The van der Waals surface area contributed by atoms with E-state index in [0.717, 1.165) is 12.6 Å². The molecule has 2 rings (SSSR count). The van der Waals surface area contributed by atoms with Gasteiger partial charge < -0.3 is 10.6 Å². The third-order valence-electron chi connectivity index (χ3n) is 4.33. The van der Waals surface area contributed by atoms with Gasteiger partial charge in [0.15, 0.2) is 0 Å². The molecule has 0 aromatic carbocycles. The van der Waals surface area contributed by atoms with Crippen LogP contribution in [-0.4, -0.2) is 24.5 Å². The van der Waals surface area contributed by atoms with Gasteiger partial charge >= 0.3 is 0 Å². The summed E-state index contributed by atoms with van der Waals surface area (Å²) >= 11 is 1.77. The van der Waals surface area contributed by atoms with Crippen LogP contribution in [0.5, 0.6) is 0 Å². The number of rotatable bonds is 4. The SMILES string of the molecule is CN(CC(N)c1cccs1)C1CCC(C)(C)CC1. The molecule has 0 amide bonds. The Kier molecular flexibility index (Phi) is 4.46. The van der Waals surface area contributed by atoms with Crippen molar-refractivity contribution in [2.45, 2.75) is 51.6 Å². The van der Waals surface area contributed by atoms with Crippen molar-refractivity contribution in [3.05, 3.63) is 22.4 Å². The van der Waals surface area contributed by atoms with Crippen molar-refractivity contribution >= 4 is 11.3 Å². The predicted molar refractivity (Wildman–Crippen MR) is 79.9 cm³/mol. The third kappa shape index (κ3) is 3.56. The second-order valence-corrected chi connectivity index (χ2v) is 7.44. The van der Waals surface area contributed by atoms with Crippen LogP contribution >= 0.6 is 11.3 Å². The average molecular weight is 266 g/mol. The Hall–Kier alpha value is -0.380. The maximum Gasteiger partial charge on any atom is 0.0519 e. The Balaban J connectivity index is 1.83. The highest BCUT2D eigenvalue weighted by molar-refractivity contribution is 7.10. The minimum Gasteiger partial charge on any atom is -0.322 e. The molecule has 1 aromatic rings. The van der Waals surface area contributed by atoms with Gasteiger partial charge in [-0.3, -0.25) is 0 Å². The van der Waals surface area contributed by atoms with Crippen LogP contribution in [0.1, 0.15) is 50.4 Å². The number of likely N-dealkylation sites (N-methyl/N-ethyl adjacent to an activating group) is 1. The second kappa shape index (κ2) is 5.72. The van der Waals surface area contributed by atoms with Gasteiger partial charge in [0.2, 0.25) is 0 Å². The first-order valence-electron chi connectivity index (χ1n) is 6.97. The lowest BCUT2D eigenvalue weighted by Gasteiger charge is -2.39. The Labute approximate surface area is 115 Å². The summed E-state index contributed by atoms with van der Waals surface area (Å²) < 4.78 is 0. The summed E-state index contributed by atoms with van der Waals surface area (Å²) in [5, 5.41) is 2.11. The summed E-state index contributed by atoms with van der Waals surface area (Å²) in [6.07, 6.45) is 5.33. The highest BCUT2D eigenvalue weighted by Gasteiger charge is 2.29. The standard InChI is InChI=1S/C15H26N2S/c1-15(2)8-6-12(7-9-15)17(3)11-13(16)14-5-4-10-18-14/h4-5,10,12-13H,6-9,11,16H2,1-3H3. The number of nitrogens with zero attached hydrogens (tertiary/aromatic N) is 1. The summed E-state index contributed by atoms with van der Waals surface area (Å²) in [4.78, 5) is 3.78. The molecule has 2 nitrogen and oxygen atoms in total. The topological polar surface area (TPSA) is 29.3 Å². The highest BCUT2D eigenvalue weighted by atomic mass is 32.1. The third-order valence-corrected chi connectivity index (χ3v) is 5.33. The van der Waals surface area contributed by atoms with Gasteiger partial charge in [-0.15, -0.1) is 11.3 Å². The van der Waals surface area contributed by atoms with E-state index in [9.17, 15) is 0 Å². The lowest BCUT2D eigenvalue weighted by molar-refractivity contribution is 0.123. The van der Waals surface area contributed by atoms with Crippen molar-refractivity contribution in [3.8, 4) is 0 Å². The monoisotopic (exact) mass is 266 g/mol. The molecule has 1 aliphatic rings. The summed E-state index contributed by atoms with van der Waals surface area (Å²) in [5.74, 6) is 0. The molecule has 0 aliphatic heterocycles. The van der Waals surface area contributed by atoms with E-state index in [1.165, 1.54) is 30.6 Å². The fourth-order valence-corrected chi connectivity index (χ4v) is 3.60. The smallest absolute Gasteiger partial charge is 0.0519 e. The van der Waals surface area contributed by atoms with E-state index in [4.69, 9.17) is 5.73 Å². The zero-order chi connectivity index (χ0) is 13.2. The average Bonchev–Trinajstić information content (AvgIpc) is 2.82. The number of hydrogen-bond donors (Lipinski definition) is 1. The molecule has 0 spiro atoms. The van der Waals surface area contributed by atoms with Crippen LogP contribution in [0.15, 0.2) is 17.5 Å².